The van der Waals surface area contributed by atoms with Gasteiger partial charge >= 0.3 is 5.97 Å². The number of carbonyl (C=O) groups excluding carboxylic acids is 2. The van der Waals surface area contributed by atoms with Crippen molar-refractivity contribution in [1.29, 1.82) is 0 Å². The summed E-state index contributed by atoms with van der Waals surface area (Å²) in [4.78, 5) is 23.8. The van der Waals surface area contributed by atoms with E-state index in [4.69, 9.17) is 9.47 Å². The first-order valence-electron chi connectivity index (χ1n) is 7.32. The molecule has 1 N–H and O–H groups in total. The predicted molar refractivity (Wildman–Crippen MR) is 79.0 cm³/mol. The number of carbonyl (C=O) groups is 2. The highest BCUT2D eigenvalue weighted by atomic mass is 16.6. The summed E-state index contributed by atoms with van der Waals surface area (Å²) in [5.41, 5.74) is 1.89. The minimum absolute atomic E-state index is 0.342. The fourth-order valence-corrected chi connectivity index (χ4v) is 2.13. The number of rotatable bonds is 5. The molecule has 0 aliphatic carbocycles. The molecule has 2 rings (SSSR count). The van der Waals surface area contributed by atoms with Crippen LogP contribution in [0.2, 0.25) is 0 Å². The molecule has 0 aromatic heterocycles. The minimum atomic E-state index is -0.840. The normalized spacial score (nSPS) is 19.0. The first-order chi connectivity index (χ1) is 10.1. The van der Waals surface area contributed by atoms with Gasteiger partial charge in [-0.1, -0.05) is 19.1 Å². The summed E-state index contributed by atoms with van der Waals surface area (Å²) >= 11 is 0. The summed E-state index contributed by atoms with van der Waals surface area (Å²) in [5, 5.41) is 2.73. The molecular weight excluding hydrogens is 270 g/mol. The number of benzene rings is 1. The molecule has 1 aliphatic rings. The maximum Gasteiger partial charge on any atom is 0.336 e. The zero-order valence-electron chi connectivity index (χ0n) is 12.4. The first kappa shape index (κ1) is 15.5. The van der Waals surface area contributed by atoms with Crippen LogP contribution in [0.1, 0.15) is 32.3 Å². The molecule has 5 nitrogen and oxygen atoms in total. The highest BCUT2D eigenvalue weighted by Crippen LogP contribution is 2.15. The van der Waals surface area contributed by atoms with Crippen LogP contribution in [0.15, 0.2) is 24.3 Å². The third-order valence-electron chi connectivity index (χ3n) is 3.48. The predicted octanol–water partition coefficient (Wildman–Crippen LogP) is 2.30. The van der Waals surface area contributed by atoms with E-state index in [1.54, 1.807) is 6.92 Å². The van der Waals surface area contributed by atoms with Gasteiger partial charge in [0.15, 0.2) is 12.2 Å². The summed E-state index contributed by atoms with van der Waals surface area (Å²) in [6, 6.07) is 7.59. The number of amides is 1. The van der Waals surface area contributed by atoms with Gasteiger partial charge in [0.2, 0.25) is 0 Å². The molecule has 1 amide bonds. The van der Waals surface area contributed by atoms with E-state index in [1.165, 1.54) is 5.56 Å². The van der Waals surface area contributed by atoms with Crippen LogP contribution in [0.5, 0.6) is 0 Å². The van der Waals surface area contributed by atoms with Gasteiger partial charge in [-0.25, -0.2) is 4.79 Å². The highest BCUT2D eigenvalue weighted by molar-refractivity contribution is 5.95. The molecule has 0 spiro atoms. The number of aryl methyl sites for hydroxylation is 1. The zero-order valence-corrected chi connectivity index (χ0v) is 12.4. The fraction of sp³-hybridized carbons (Fsp3) is 0.500. The lowest BCUT2D eigenvalue weighted by atomic mass is 10.1. The molecule has 1 aromatic carbocycles. The monoisotopic (exact) mass is 291 g/mol. The van der Waals surface area contributed by atoms with Crippen molar-refractivity contribution in [3.8, 4) is 0 Å². The smallest absolute Gasteiger partial charge is 0.336 e. The molecule has 21 heavy (non-hydrogen) atoms. The standard InChI is InChI=1S/C16H21NO4/c1-3-12-6-8-13(9-7-12)17-15(18)11(2)21-16(19)14-5-4-10-20-14/h6-9,11,14H,3-5,10H2,1-2H3,(H,17,18)/t11-,14-/m1/s1. The average Bonchev–Trinajstić information content (AvgIpc) is 3.02. The van der Waals surface area contributed by atoms with Gasteiger partial charge in [-0.15, -0.1) is 0 Å². The molecule has 1 heterocycles. The van der Waals surface area contributed by atoms with Crippen LogP contribution in [0.25, 0.3) is 0 Å². The van der Waals surface area contributed by atoms with Gasteiger partial charge in [0.05, 0.1) is 0 Å². The summed E-state index contributed by atoms with van der Waals surface area (Å²) in [6.45, 7) is 4.20. The Hall–Kier alpha value is -1.88. The van der Waals surface area contributed by atoms with Crippen LogP contribution in [-0.4, -0.2) is 30.7 Å². The van der Waals surface area contributed by atoms with E-state index in [2.05, 4.69) is 12.2 Å². The molecule has 0 unspecified atom stereocenters. The van der Waals surface area contributed by atoms with Crippen molar-refractivity contribution in [3.63, 3.8) is 0 Å². The SMILES string of the molecule is CCc1ccc(NC(=O)[C@@H](C)OC(=O)[C@H]2CCCO2)cc1. The number of ether oxygens (including phenoxy) is 2. The molecule has 2 atom stereocenters. The van der Waals surface area contributed by atoms with E-state index in [0.29, 0.717) is 18.7 Å². The van der Waals surface area contributed by atoms with Crippen LogP contribution in [-0.2, 0) is 25.5 Å². The molecule has 0 saturated carbocycles. The fourth-order valence-electron chi connectivity index (χ4n) is 2.13. The Labute approximate surface area is 124 Å². The maximum atomic E-state index is 12.0. The second kappa shape index (κ2) is 7.22. The summed E-state index contributed by atoms with van der Waals surface area (Å²) in [6.07, 6.45) is 1.09. The lowest BCUT2D eigenvalue weighted by Crippen LogP contribution is -2.33. The second-order valence-corrected chi connectivity index (χ2v) is 5.12. The number of anilines is 1. The van der Waals surface area contributed by atoms with E-state index >= 15 is 0 Å². The van der Waals surface area contributed by atoms with Gasteiger partial charge in [0.25, 0.3) is 5.91 Å². The van der Waals surface area contributed by atoms with Crippen molar-refractivity contribution >= 4 is 17.6 Å². The molecule has 0 radical (unpaired) electrons. The topological polar surface area (TPSA) is 64.6 Å². The largest absolute Gasteiger partial charge is 0.451 e. The van der Waals surface area contributed by atoms with Crippen LogP contribution >= 0.6 is 0 Å². The number of hydrogen-bond acceptors (Lipinski definition) is 4. The lowest BCUT2D eigenvalue weighted by molar-refractivity contribution is -0.162. The van der Waals surface area contributed by atoms with Gasteiger partial charge in [-0.3, -0.25) is 4.79 Å². The maximum absolute atomic E-state index is 12.0. The molecular formula is C16H21NO4. The van der Waals surface area contributed by atoms with E-state index in [9.17, 15) is 9.59 Å². The van der Waals surface area contributed by atoms with Crippen LogP contribution in [0.3, 0.4) is 0 Å². The summed E-state index contributed by atoms with van der Waals surface area (Å²) < 4.78 is 10.4. The van der Waals surface area contributed by atoms with Gasteiger partial charge in [0, 0.05) is 12.3 Å². The van der Waals surface area contributed by atoms with Crippen molar-refractivity contribution in [1.82, 2.24) is 0 Å². The van der Waals surface area contributed by atoms with E-state index in [-0.39, 0.29) is 5.91 Å². The molecule has 5 heteroatoms. The molecule has 0 bridgehead atoms. The van der Waals surface area contributed by atoms with Crippen LogP contribution in [0.4, 0.5) is 5.69 Å². The molecule has 1 fully saturated rings. The highest BCUT2D eigenvalue weighted by Gasteiger charge is 2.28. The summed E-state index contributed by atoms with van der Waals surface area (Å²) in [5.74, 6) is -0.804. The third-order valence-corrected chi connectivity index (χ3v) is 3.48. The Morgan fingerprint density at radius 2 is 2.10 bits per heavy atom. The van der Waals surface area contributed by atoms with Crippen molar-refractivity contribution < 1.29 is 19.1 Å². The average molecular weight is 291 g/mol. The Morgan fingerprint density at radius 3 is 2.67 bits per heavy atom. The quantitative estimate of drug-likeness (QED) is 0.845. The van der Waals surface area contributed by atoms with Crippen LogP contribution < -0.4 is 5.32 Å². The Balaban J connectivity index is 1.85. The Morgan fingerprint density at radius 1 is 1.38 bits per heavy atom. The van der Waals surface area contributed by atoms with Crippen molar-refractivity contribution in [3.05, 3.63) is 29.8 Å². The van der Waals surface area contributed by atoms with Gasteiger partial charge in [0.1, 0.15) is 0 Å². The number of esters is 1. The number of nitrogens with one attached hydrogen (secondary N) is 1. The van der Waals surface area contributed by atoms with E-state index in [0.717, 1.165) is 12.8 Å². The second-order valence-electron chi connectivity index (χ2n) is 5.12. The Kier molecular flexibility index (Phi) is 5.33. The van der Waals surface area contributed by atoms with Gasteiger partial charge in [-0.05, 0) is 43.9 Å². The first-order valence-corrected chi connectivity index (χ1v) is 7.32. The number of hydrogen-bond donors (Lipinski definition) is 1. The molecule has 114 valence electrons. The van der Waals surface area contributed by atoms with Crippen molar-refractivity contribution in [2.45, 2.75) is 45.3 Å². The van der Waals surface area contributed by atoms with E-state index in [1.807, 2.05) is 24.3 Å². The van der Waals surface area contributed by atoms with Gasteiger partial charge < -0.3 is 14.8 Å². The minimum Gasteiger partial charge on any atom is -0.451 e. The zero-order chi connectivity index (χ0) is 15.2. The lowest BCUT2D eigenvalue weighted by Gasteiger charge is -2.16. The van der Waals surface area contributed by atoms with E-state index < -0.39 is 18.2 Å². The molecule has 1 saturated heterocycles. The Bertz CT molecular complexity index is 492. The third kappa shape index (κ3) is 4.29. The van der Waals surface area contributed by atoms with Crippen LogP contribution in [0, 0.1) is 0 Å². The van der Waals surface area contributed by atoms with Gasteiger partial charge in [-0.2, -0.15) is 0 Å². The summed E-state index contributed by atoms with van der Waals surface area (Å²) in [7, 11) is 0. The van der Waals surface area contributed by atoms with Crippen molar-refractivity contribution in [2.75, 3.05) is 11.9 Å². The molecule has 1 aromatic rings. The van der Waals surface area contributed by atoms with Crippen molar-refractivity contribution in [2.24, 2.45) is 0 Å². The molecule has 1 aliphatic heterocycles.